The molecule has 0 unspecified atom stereocenters. The van der Waals surface area contributed by atoms with Crippen LogP contribution in [0, 0.1) is 12.7 Å². The van der Waals surface area contributed by atoms with Crippen LogP contribution in [0.4, 0.5) is 4.39 Å². The third-order valence-electron chi connectivity index (χ3n) is 4.32. The number of hydrogen-bond donors (Lipinski definition) is 1. The summed E-state index contributed by atoms with van der Waals surface area (Å²) in [5.74, 6) is -0.973. The molecule has 2 heterocycles. The van der Waals surface area contributed by atoms with Gasteiger partial charge in [0.2, 0.25) is 0 Å². The first kappa shape index (κ1) is 16.5. The van der Waals surface area contributed by atoms with Gasteiger partial charge in [-0.3, -0.25) is 0 Å². The largest absolute Gasteiger partial charge is 0.477 e. The summed E-state index contributed by atoms with van der Waals surface area (Å²) in [6.45, 7) is 2.02. The Balaban J connectivity index is 1.90. The SMILES string of the molecule is Cc1nc(-c2cccc(F)c2)n(Cc2csc3ccccc23)c1C(=O)O. The first-order chi connectivity index (χ1) is 12.5. The first-order valence-corrected chi connectivity index (χ1v) is 8.94. The van der Waals surface area contributed by atoms with E-state index < -0.39 is 5.97 Å². The molecule has 0 aliphatic rings. The molecule has 0 radical (unpaired) electrons. The second-order valence-electron chi connectivity index (χ2n) is 6.03. The van der Waals surface area contributed by atoms with Crippen molar-refractivity contribution < 1.29 is 14.3 Å². The molecule has 26 heavy (non-hydrogen) atoms. The Morgan fingerprint density at radius 2 is 2.04 bits per heavy atom. The van der Waals surface area contributed by atoms with Gasteiger partial charge in [0.15, 0.2) is 5.69 Å². The van der Waals surface area contributed by atoms with Crippen molar-refractivity contribution in [3.05, 3.63) is 76.7 Å². The standard InChI is InChI=1S/C20H15FN2O2S/c1-12-18(20(24)25)23(19(22-12)13-5-4-6-15(21)9-13)10-14-11-26-17-8-3-2-7-16(14)17/h2-9,11H,10H2,1H3,(H,24,25). The van der Waals surface area contributed by atoms with Crippen LogP contribution in [0.15, 0.2) is 53.9 Å². The molecule has 0 atom stereocenters. The predicted molar refractivity (Wildman–Crippen MR) is 100 cm³/mol. The molecule has 4 aromatic rings. The van der Waals surface area contributed by atoms with Crippen LogP contribution in [0.1, 0.15) is 21.7 Å². The summed E-state index contributed by atoms with van der Waals surface area (Å²) in [5.41, 5.74) is 2.11. The van der Waals surface area contributed by atoms with E-state index in [9.17, 15) is 14.3 Å². The molecule has 0 fully saturated rings. The van der Waals surface area contributed by atoms with Crippen LogP contribution in [0.2, 0.25) is 0 Å². The topological polar surface area (TPSA) is 55.1 Å². The lowest BCUT2D eigenvalue weighted by atomic mass is 10.1. The molecule has 4 rings (SSSR count). The Kier molecular flexibility index (Phi) is 4.05. The predicted octanol–water partition coefficient (Wildman–Crippen LogP) is 4.96. The fraction of sp³-hybridized carbons (Fsp3) is 0.100. The molecule has 0 aliphatic carbocycles. The van der Waals surface area contributed by atoms with Gasteiger partial charge in [0.05, 0.1) is 12.2 Å². The van der Waals surface area contributed by atoms with Crippen molar-refractivity contribution in [2.45, 2.75) is 13.5 Å². The first-order valence-electron chi connectivity index (χ1n) is 8.06. The van der Waals surface area contributed by atoms with E-state index in [2.05, 4.69) is 4.98 Å². The van der Waals surface area contributed by atoms with Crippen molar-refractivity contribution in [1.29, 1.82) is 0 Å². The summed E-state index contributed by atoms with van der Waals surface area (Å²) in [7, 11) is 0. The maximum Gasteiger partial charge on any atom is 0.354 e. The Labute approximate surface area is 153 Å². The molecule has 0 saturated heterocycles. The average Bonchev–Trinajstić information content (AvgIpc) is 3.17. The molecule has 0 bridgehead atoms. The minimum atomic E-state index is -1.04. The fourth-order valence-electron chi connectivity index (χ4n) is 3.17. The van der Waals surface area contributed by atoms with Gasteiger partial charge in [-0.2, -0.15) is 0 Å². The number of carboxylic acids is 1. The van der Waals surface area contributed by atoms with E-state index in [1.54, 1.807) is 35.0 Å². The minimum absolute atomic E-state index is 0.125. The lowest BCUT2D eigenvalue weighted by Gasteiger charge is -2.10. The molecule has 0 amide bonds. The van der Waals surface area contributed by atoms with Crippen LogP contribution >= 0.6 is 11.3 Å². The number of benzene rings is 2. The van der Waals surface area contributed by atoms with Gasteiger partial charge in [-0.1, -0.05) is 30.3 Å². The highest BCUT2D eigenvalue weighted by Gasteiger charge is 2.22. The molecule has 130 valence electrons. The summed E-state index contributed by atoms with van der Waals surface area (Å²) in [6.07, 6.45) is 0. The fourth-order valence-corrected chi connectivity index (χ4v) is 4.13. The van der Waals surface area contributed by atoms with Gasteiger partial charge in [0.25, 0.3) is 0 Å². The lowest BCUT2D eigenvalue weighted by molar-refractivity contribution is 0.0685. The van der Waals surface area contributed by atoms with Crippen molar-refractivity contribution in [1.82, 2.24) is 9.55 Å². The highest BCUT2D eigenvalue weighted by atomic mass is 32.1. The lowest BCUT2D eigenvalue weighted by Crippen LogP contribution is -2.11. The second-order valence-corrected chi connectivity index (χ2v) is 6.94. The molecule has 0 aliphatic heterocycles. The minimum Gasteiger partial charge on any atom is -0.477 e. The summed E-state index contributed by atoms with van der Waals surface area (Å²) in [5, 5.41) is 12.8. The molecule has 6 heteroatoms. The highest BCUT2D eigenvalue weighted by Crippen LogP contribution is 2.30. The molecular weight excluding hydrogens is 351 g/mol. The van der Waals surface area contributed by atoms with E-state index >= 15 is 0 Å². The Hall–Kier alpha value is -2.99. The van der Waals surface area contributed by atoms with Gasteiger partial charge in [-0.05, 0) is 41.5 Å². The van der Waals surface area contributed by atoms with E-state index in [-0.39, 0.29) is 11.5 Å². The Morgan fingerprint density at radius 1 is 1.23 bits per heavy atom. The highest BCUT2D eigenvalue weighted by molar-refractivity contribution is 7.17. The molecule has 0 spiro atoms. The molecular formula is C20H15FN2O2S. The van der Waals surface area contributed by atoms with Crippen LogP contribution in [0.3, 0.4) is 0 Å². The number of aryl methyl sites for hydroxylation is 1. The number of aromatic nitrogens is 2. The van der Waals surface area contributed by atoms with Crippen LogP contribution in [0.5, 0.6) is 0 Å². The van der Waals surface area contributed by atoms with Crippen LogP contribution in [-0.2, 0) is 6.54 Å². The number of nitrogens with zero attached hydrogens (tertiary/aromatic N) is 2. The van der Waals surface area contributed by atoms with Crippen LogP contribution in [-0.4, -0.2) is 20.6 Å². The quantitative estimate of drug-likeness (QED) is 0.555. The summed E-state index contributed by atoms with van der Waals surface area (Å²) >= 11 is 1.62. The number of rotatable bonds is 4. The number of imidazole rings is 1. The van der Waals surface area contributed by atoms with Gasteiger partial charge in [-0.25, -0.2) is 14.2 Å². The number of carboxylic acid groups (broad SMARTS) is 1. The van der Waals surface area contributed by atoms with Crippen LogP contribution in [0.25, 0.3) is 21.5 Å². The summed E-state index contributed by atoms with van der Waals surface area (Å²) < 4.78 is 16.5. The van der Waals surface area contributed by atoms with Gasteiger partial charge < -0.3 is 9.67 Å². The zero-order valence-electron chi connectivity index (χ0n) is 13.9. The van der Waals surface area contributed by atoms with E-state index in [0.717, 1.165) is 15.6 Å². The number of thiophene rings is 1. The molecule has 1 N–H and O–H groups in total. The normalized spacial score (nSPS) is 11.2. The number of hydrogen-bond acceptors (Lipinski definition) is 3. The summed E-state index contributed by atoms with van der Waals surface area (Å²) in [6, 6.07) is 14.1. The zero-order valence-corrected chi connectivity index (χ0v) is 14.8. The van der Waals surface area contributed by atoms with Crippen molar-refractivity contribution in [3.8, 4) is 11.4 Å². The second kappa shape index (κ2) is 6.38. The van der Waals surface area contributed by atoms with Gasteiger partial charge in [0.1, 0.15) is 11.6 Å². The number of fused-ring (bicyclic) bond motifs is 1. The molecule has 4 nitrogen and oxygen atoms in total. The molecule has 2 aromatic heterocycles. The zero-order chi connectivity index (χ0) is 18.3. The van der Waals surface area contributed by atoms with E-state index in [0.29, 0.717) is 23.6 Å². The number of aromatic carboxylic acids is 1. The van der Waals surface area contributed by atoms with E-state index in [1.165, 1.54) is 12.1 Å². The van der Waals surface area contributed by atoms with Crippen molar-refractivity contribution in [3.63, 3.8) is 0 Å². The number of halogens is 1. The third-order valence-corrected chi connectivity index (χ3v) is 5.33. The maximum absolute atomic E-state index is 13.7. The Morgan fingerprint density at radius 3 is 2.81 bits per heavy atom. The van der Waals surface area contributed by atoms with E-state index in [1.807, 2.05) is 29.6 Å². The molecule has 2 aromatic carbocycles. The van der Waals surface area contributed by atoms with E-state index in [4.69, 9.17) is 0 Å². The third kappa shape index (κ3) is 2.78. The van der Waals surface area contributed by atoms with Gasteiger partial charge >= 0.3 is 5.97 Å². The maximum atomic E-state index is 13.7. The Bertz CT molecular complexity index is 1130. The monoisotopic (exact) mass is 366 g/mol. The average molecular weight is 366 g/mol. The molecule has 0 saturated carbocycles. The van der Waals surface area contributed by atoms with Crippen molar-refractivity contribution in [2.24, 2.45) is 0 Å². The van der Waals surface area contributed by atoms with Crippen molar-refractivity contribution in [2.75, 3.05) is 0 Å². The van der Waals surface area contributed by atoms with Gasteiger partial charge in [-0.15, -0.1) is 11.3 Å². The smallest absolute Gasteiger partial charge is 0.354 e. The summed E-state index contributed by atoms with van der Waals surface area (Å²) in [4.78, 5) is 16.2. The van der Waals surface area contributed by atoms with Crippen molar-refractivity contribution >= 4 is 27.4 Å². The number of carbonyl (C=O) groups is 1. The van der Waals surface area contributed by atoms with Crippen LogP contribution < -0.4 is 0 Å². The van der Waals surface area contributed by atoms with Gasteiger partial charge in [0, 0.05) is 10.3 Å².